The second-order valence-corrected chi connectivity index (χ2v) is 10.8. The van der Waals surface area contributed by atoms with Gasteiger partial charge in [0, 0.05) is 24.5 Å². The first-order valence-corrected chi connectivity index (χ1v) is 14.3. The SMILES string of the molecule is C=CC(=O)Nc1ccc(Nc2ccc([C@H](C)Nc3ncc(F)c(N4C(=O)OC[C@@H]4C(C)C)n3)cc2)cc1N1CCOCC1. The standard InChI is InChI=1S/C31H36FN7O4/c1-5-28(40)36-25-11-10-23(16-26(25)38-12-14-42-15-13-38)35-22-8-6-21(7-9-22)20(4)34-30-33-17-24(32)29(37-30)39-27(19(2)3)18-43-31(39)41/h5-11,16-17,19-20,27,35H,1,12-15,18H2,2-4H3,(H,36,40)(H,33,34,37)/t20-,27+/m0/s1. The van der Waals surface area contributed by atoms with Crippen molar-refractivity contribution in [1.82, 2.24) is 9.97 Å². The zero-order chi connectivity index (χ0) is 30.5. The average Bonchev–Trinajstić information content (AvgIpc) is 3.40. The lowest BCUT2D eigenvalue weighted by Crippen LogP contribution is -2.38. The van der Waals surface area contributed by atoms with E-state index in [0.717, 1.165) is 41.9 Å². The molecule has 0 bridgehead atoms. The van der Waals surface area contributed by atoms with Crippen LogP contribution in [0, 0.1) is 11.7 Å². The topological polar surface area (TPSA) is 121 Å². The molecule has 3 N–H and O–H groups in total. The van der Waals surface area contributed by atoms with Crippen molar-refractivity contribution in [3.63, 3.8) is 0 Å². The van der Waals surface area contributed by atoms with Gasteiger partial charge in [-0.1, -0.05) is 32.6 Å². The summed E-state index contributed by atoms with van der Waals surface area (Å²) in [5, 5.41) is 9.52. The van der Waals surface area contributed by atoms with Gasteiger partial charge in [-0.25, -0.2) is 14.2 Å². The molecule has 2 saturated heterocycles. The van der Waals surface area contributed by atoms with Crippen molar-refractivity contribution in [2.75, 3.05) is 58.7 Å². The molecule has 0 unspecified atom stereocenters. The normalized spacial score (nSPS) is 17.4. The third-order valence-electron chi connectivity index (χ3n) is 7.47. The van der Waals surface area contributed by atoms with Crippen LogP contribution in [0.25, 0.3) is 0 Å². The Hall–Kier alpha value is -4.71. The highest BCUT2D eigenvalue weighted by atomic mass is 19.1. The van der Waals surface area contributed by atoms with Gasteiger partial charge in [-0.3, -0.25) is 9.69 Å². The number of carbonyl (C=O) groups is 2. The second-order valence-electron chi connectivity index (χ2n) is 10.8. The Kier molecular flexibility index (Phi) is 9.05. The molecule has 2 fully saturated rings. The van der Waals surface area contributed by atoms with E-state index in [0.29, 0.717) is 18.9 Å². The number of hydrogen-bond donors (Lipinski definition) is 3. The van der Waals surface area contributed by atoms with Crippen LogP contribution in [0.1, 0.15) is 32.4 Å². The van der Waals surface area contributed by atoms with E-state index < -0.39 is 11.9 Å². The molecule has 2 aromatic carbocycles. The van der Waals surface area contributed by atoms with Crippen molar-refractivity contribution in [2.24, 2.45) is 5.92 Å². The molecule has 2 aliphatic heterocycles. The Balaban J connectivity index is 1.28. The predicted molar refractivity (Wildman–Crippen MR) is 165 cm³/mol. The van der Waals surface area contributed by atoms with E-state index in [1.807, 2.05) is 63.2 Å². The monoisotopic (exact) mass is 589 g/mol. The highest BCUT2D eigenvalue weighted by Crippen LogP contribution is 2.33. The van der Waals surface area contributed by atoms with Gasteiger partial charge in [0.05, 0.1) is 42.9 Å². The first-order chi connectivity index (χ1) is 20.7. The first-order valence-electron chi connectivity index (χ1n) is 14.3. The van der Waals surface area contributed by atoms with Crippen molar-refractivity contribution in [1.29, 1.82) is 0 Å². The van der Waals surface area contributed by atoms with Crippen molar-refractivity contribution in [2.45, 2.75) is 32.9 Å². The molecular weight excluding hydrogens is 553 g/mol. The number of carbonyl (C=O) groups excluding carboxylic acids is 2. The van der Waals surface area contributed by atoms with Crippen LogP contribution in [0.15, 0.2) is 61.3 Å². The van der Waals surface area contributed by atoms with Crippen LogP contribution < -0.4 is 25.8 Å². The van der Waals surface area contributed by atoms with Gasteiger partial charge < -0.3 is 30.3 Å². The lowest BCUT2D eigenvalue weighted by molar-refractivity contribution is -0.111. The quantitative estimate of drug-likeness (QED) is 0.264. The van der Waals surface area contributed by atoms with Gasteiger partial charge in [-0.2, -0.15) is 4.98 Å². The van der Waals surface area contributed by atoms with E-state index in [9.17, 15) is 14.0 Å². The van der Waals surface area contributed by atoms with Crippen molar-refractivity contribution in [3.8, 4) is 0 Å². The third-order valence-corrected chi connectivity index (χ3v) is 7.47. The summed E-state index contributed by atoms with van der Waals surface area (Å²) in [6, 6.07) is 13.1. The van der Waals surface area contributed by atoms with E-state index in [1.54, 1.807) is 0 Å². The zero-order valence-electron chi connectivity index (χ0n) is 24.5. The second kappa shape index (κ2) is 13.1. The number of aromatic nitrogens is 2. The van der Waals surface area contributed by atoms with Crippen LogP contribution in [-0.4, -0.2) is 60.9 Å². The number of amides is 2. The number of nitrogens with zero attached hydrogens (tertiary/aromatic N) is 4. The van der Waals surface area contributed by atoms with E-state index in [2.05, 4.69) is 37.4 Å². The fraction of sp³-hybridized carbons (Fsp3) is 0.355. The van der Waals surface area contributed by atoms with Gasteiger partial charge in [-0.15, -0.1) is 0 Å². The molecule has 0 saturated carbocycles. The van der Waals surface area contributed by atoms with Crippen LogP contribution in [0.3, 0.4) is 0 Å². The van der Waals surface area contributed by atoms with E-state index >= 15 is 0 Å². The van der Waals surface area contributed by atoms with Gasteiger partial charge in [0.2, 0.25) is 11.9 Å². The maximum atomic E-state index is 14.7. The Morgan fingerprint density at radius 2 is 1.84 bits per heavy atom. The highest BCUT2D eigenvalue weighted by molar-refractivity contribution is 6.01. The maximum Gasteiger partial charge on any atom is 0.416 e. The van der Waals surface area contributed by atoms with Crippen LogP contribution in [-0.2, 0) is 14.3 Å². The summed E-state index contributed by atoms with van der Waals surface area (Å²) >= 11 is 0. The smallest absolute Gasteiger partial charge is 0.416 e. The number of hydrogen-bond acceptors (Lipinski definition) is 9. The molecule has 5 rings (SSSR count). The molecule has 2 amide bonds. The Morgan fingerprint density at radius 3 is 2.53 bits per heavy atom. The number of rotatable bonds is 10. The van der Waals surface area contributed by atoms with Crippen LogP contribution in [0.2, 0.25) is 0 Å². The number of benzene rings is 2. The zero-order valence-corrected chi connectivity index (χ0v) is 24.5. The number of anilines is 6. The predicted octanol–water partition coefficient (Wildman–Crippen LogP) is 5.47. The molecule has 11 nitrogen and oxygen atoms in total. The molecule has 0 aliphatic carbocycles. The average molecular weight is 590 g/mol. The summed E-state index contributed by atoms with van der Waals surface area (Å²) in [4.78, 5) is 36.2. The molecule has 3 heterocycles. The molecular formula is C31H36FN7O4. The van der Waals surface area contributed by atoms with Gasteiger partial charge in [0.1, 0.15) is 6.61 Å². The molecule has 12 heteroatoms. The number of ether oxygens (including phenoxy) is 2. The molecule has 0 radical (unpaired) electrons. The fourth-order valence-corrected chi connectivity index (χ4v) is 5.03. The van der Waals surface area contributed by atoms with Crippen molar-refractivity contribution >= 4 is 46.5 Å². The fourth-order valence-electron chi connectivity index (χ4n) is 5.03. The van der Waals surface area contributed by atoms with E-state index in [4.69, 9.17) is 9.47 Å². The molecule has 43 heavy (non-hydrogen) atoms. The lowest BCUT2D eigenvalue weighted by atomic mass is 10.0. The minimum absolute atomic E-state index is 0.0605. The van der Waals surface area contributed by atoms with E-state index in [-0.39, 0.29) is 42.3 Å². The highest BCUT2D eigenvalue weighted by Gasteiger charge is 2.39. The van der Waals surface area contributed by atoms with Gasteiger partial charge in [0.15, 0.2) is 11.6 Å². The van der Waals surface area contributed by atoms with Gasteiger partial charge in [-0.05, 0) is 54.8 Å². The van der Waals surface area contributed by atoms with Crippen molar-refractivity contribution in [3.05, 3.63) is 72.7 Å². The molecule has 3 aromatic rings. The summed E-state index contributed by atoms with van der Waals surface area (Å²) in [6.45, 7) is 12.2. The molecule has 0 spiro atoms. The first kappa shape index (κ1) is 29.8. The van der Waals surface area contributed by atoms with Crippen LogP contribution >= 0.6 is 0 Å². The lowest BCUT2D eigenvalue weighted by Gasteiger charge is -2.31. The minimum atomic E-state index is -0.689. The minimum Gasteiger partial charge on any atom is -0.447 e. The van der Waals surface area contributed by atoms with Crippen LogP contribution in [0.5, 0.6) is 0 Å². The largest absolute Gasteiger partial charge is 0.447 e. The summed E-state index contributed by atoms with van der Waals surface area (Å²) in [6.07, 6.45) is 1.69. The molecule has 2 aliphatic rings. The van der Waals surface area contributed by atoms with Crippen LogP contribution in [0.4, 0.5) is 43.7 Å². The number of cyclic esters (lactones) is 1. The molecule has 226 valence electrons. The number of morpholine rings is 1. The van der Waals surface area contributed by atoms with Crippen molar-refractivity contribution < 1.29 is 23.5 Å². The maximum absolute atomic E-state index is 14.7. The summed E-state index contributed by atoms with van der Waals surface area (Å²) in [5.41, 5.74) is 4.31. The summed E-state index contributed by atoms with van der Waals surface area (Å²) in [7, 11) is 0. The third kappa shape index (κ3) is 6.86. The Morgan fingerprint density at radius 1 is 1.12 bits per heavy atom. The Labute approximate surface area is 250 Å². The van der Waals surface area contributed by atoms with Gasteiger partial charge in [0.25, 0.3) is 0 Å². The number of halogens is 1. The van der Waals surface area contributed by atoms with E-state index in [1.165, 1.54) is 11.0 Å². The molecule has 2 atom stereocenters. The number of nitrogens with one attached hydrogen (secondary N) is 3. The van der Waals surface area contributed by atoms with Gasteiger partial charge >= 0.3 is 6.09 Å². The summed E-state index contributed by atoms with van der Waals surface area (Å²) < 4.78 is 25.4. The molecule has 1 aromatic heterocycles. The Bertz CT molecular complexity index is 1480. The summed E-state index contributed by atoms with van der Waals surface area (Å²) in [5.74, 6) is -0.796.